The van der Waals surface area contributed by atoms with E-state index in [0.29, 0.717) is 5.92 Å². The third kappa shape index (κ3) is 4.28. The van der Waals surface area contributed by atoms with Crippen LogP contribution in [0.4, 0.5) is 4.39 Å². The molecule has 3 heteroatoms. The Kier molecular flexibility index (Phi) is 5.83. The second kappa shape index (κ2) is 7.39. The minimum absolute atomic E-state index is 0.152. The Bertz CT molecular complexity index is 379. The molecule has 106 valence electrons. The van der Waals surface area contributed by atoms with E-state index >= 15 is 0 Å². The number of rotatable bonds is 4. The Morgan fingerprint density at radius 2 is 1.89 bits per heavy atom. The molecule has 1 unspecified atom stereocenters. The largest absolute Gasteiger partial charge is 0.310 e. The molecule has 0 bridgehead atoms. The van der Waals surface area contributed by atoms with Crippen molar-refractivity contribution >= 4 is 15.9 Å². The zero-order chi connectivity index (χ0) is 13.7. The summed E-state index contributed by atoms with van der Waals surface area (Å²) in [6.45, 7) is 3.05. The van der Waals surface area contributed by atoms with E-state index in [1.807, 2.05) is 0 Å². The number of benzene rings is 1. The van der Waals surface area contributed by atoms with E-state index in [0.717, 1.165) is 16.6 Å². The van der Waals surface area contributed by atoms with Crippen molar-refractivity contribution in [3.8, 4) is 0 Å². The highest BCUT2D eigenvalue weighted by molar-refractivity contribution is 9.10. The molecule has 0 aliphatic heterocycles. The summed E-state index contributed by atoms with van der Waals surface area (Å²) in [5.74, 6) is 0.483. The molecule has 1 saturated carbocycles. The standard InChI is InChI=1S/C16H23BrFN/c1-2-19-16(12-7-5-3-4-6-8-12)13-9-14(17)11-15(18)10-13/h9-12,16,19H,2-8H2,1H3. The van der Waals surface area contributed by atoms with E-state index in [9.17, 15) is 4.39 Å². The normalized spacial score (nSPS) is 19.1. The lowest BCUT2D eigenvalue weighted by Crippen LogP contribution is -2.28. The molecular weight excluding hydrogens is 305 g/mol. The van der Waals surface area contributed by atoms with Crippen molar-refractivity contribution in [3.05, 3.63) is 34.1 Å². The van der Waals surface area contributed by atoms with Gasteiger partial charge in [0.15, 0.2) is 0 Å². The van der Waals surface area contributed by atoms with Gasteiger partial charge in [0.25, 0.3) is 0 Å². The van der Waals surface area contributed by atoms with Gasteiger partial charge in [0.2, 0.25) is 0 Å². The van der Waals surface area contributed by atoms with E-state index in [-0.39, 0.29) is 11.9 Å². The van der Waals surface area contributed by atoms with Gasteiger partial charge in [-0.3, -0.25) is 0 Å². The zero-order valence-corrected chi connectivity index (χ0v) is 13.2. The fourth-order valence-corrected chi connectivity index (χ4v) is 3.66. The first-order chi connectivity index (χ1) is 9.20. The van der Waals surface area contributed by atoms with Gasteiger partial charge < -0.3 is 5.32 Å². The van der Waals surface area contributed by atoms with Crippen LogP contribution >= 0.6 is 15.9 Å². The predicted octanol–water partition coefficient (Wildman–Crippen LogP) is 5.21. The molecule has 0 aromatic heterocycles. The molecule has 1 N–H and O–H groups in total. The van der Waals surface area contributed by atoms with E-state index in [1.165, 1.54) is 44.6 Å². The van der Waals surface area contributed by atoms with Gasteiger partial charge in [0.1, 0.15) is 5.82 Å². The molecule has 1 atom stereocenters. The van der Waals surface area contributed by atoms with Crippen molar-refractivity contribution in [3.63, 3.8) is 0 Å². The van der Waals surface area contributed by atoms with Crippen LogP contribution in [0.1, 0.15) is 57.1 Å². The molecule has 0 spiro atoms. The van der Waals surface area contributed by atoms with Crippen molar-refractivity contribution in [2.45, 2.75) is 51.5 Å². The number of hydrogen-bond donors (Lipinski definition) is 1. The third-order valence-corrected chi connectivity index (χ3v) is 4.50. The maximum atomic E-state index is 13.6. The molecule has 1 aromatic carbocycles. The first-order valence-electron chi connectivity index (χ1n) is 7.40. The number of nitrogens with one attached hydrogen (secondary N) is 1. The summed E-state index contributed by atoms with van der Waals surface area (Å²) >= 11 is 3.40. The second-order valence-corrected chi connectivity index (χ2v) is 6.41. The SMILES string of the molecule is CCNC(c1cc(F)cc(Br)c1)C1CCCCCC1. The van der Waals surface area contributed by atoms with Gasteiger partial charge in [-0.15, -0.1) is 0 Å². The lowest BCUT2D eigenvalue weighted by atomic mass is 9.87. The molecule has 2 rings (SSSR count). The van der Waals surface area contributed by atoms with E-state index < -0.39 is 0 Å². The van der Waals surface area contributed by atoms with Crippen LogP contribution in [-0.4, -0.2) is 6.54 Å². The fraction of sp³-hybridized carbons (Fsp3) is 0.625. The van der Waals surface area contributed by atoms with E-state index in [2.05, 4.69) is 34.2 Å². The molecule has 0 saturated heterocycles. The van der Waals surface area contributed by atoms with Crippen LogP contribution in [0.3, 0.4) is 0 Å². The van der Waals surface area contributed by atoms with E-state index in [1.54, 1.807) is 6.07 Å². The van der Waals surface area contributed by atoms with Crippen LogP contribution in [0, 0.1) is 11.7 Å². The van der Waals surface area contributed by atoms with Crippen LogP contribution in [0.15, 0.2) is 22.7 Å². The lowest BCUT2D eigenvalue weighted by molar-refractivity contribution is 0.329. The zero-order valence-electron chi connectivity index (χ0n) is 11.6. The highest BCUT2D eigenvalue weighted by Crippen LogP contribution is 2.34. The van der Waals surface area contributed by atoms with Crippen molar-refractivity contribution in [2.24, 2.45) is 5.92 Å². The van der Waals surface area contributed by atoms with Crippen molar-refractivity contribution in [1.29, 1.82) is 0 Å². The summed E-state index contributed by atoms with van der Waals surface area (Å²) in [6.07, 6.45) is 7.83. The van der Waals surface area contributed by atoms with Gasteiger partial charge in [0.05, 0.1) is 0 Å². The highest BCUT2D eigenvalue weighted by Gasteiger charge is 2.24. The summed E-state index contributed by atoms with van der Waals surface area (Å²) in [6, 6.07) is 5.55. The van der Waals surface area contributed by atoms with Gasteiger partial charge in [-0.2, -0.15) is 0 Å². The van der Waals surface area contributed by atoms with Crippen molar-refractivity contribution < 1.29 is 4.39 Å². The molecule has 19 heavy (non-hydrogen) atoms. The maximum Gasteiger partial charge on any atom is 0.124 e. The van der Waals surface area contributed by atoms with Crippen LogP contribution < -0.4 is 5.32 Å². The molecule has 1 nitrogen and oxygen atoms in total. The lowest BCUT2D eigenvalue weighted by Gasteiger charge is -2.27. The summed E-state index contributed by atoms with van der Waals surface area (Å²) in [7, 11) is 0. The monoisotopic (exact) mass is 327 g/mol. The van der Waals surface area contributed by atoms with Crippen LogP contribution in [-0.2, 0) is 0 Å². The summed E-state index contributed by atoms with van der Waals surface area (Å²) in [5, 5.41) is 3.56. The molecule has 1 aliphatic rings. The maximum absolute atomic E-state index is 13.6. The quantitative estimate of drug-likeness (QED) is 0.748. The third-order valence-electron chi connectivity index (χ3n) is 4.04. The Morgan fingerprint density at radius 1 is 1.21 bits per heavy atom. The summed E-state index contributed by atoms with van der Waals surface area (Å²) < 4.78 is 14.5. The van der Waals surface area contributed by atoms with Crippen molar-refractivity contribution in [2.75, 3.05) is 6.54 Å². The number of hydrogen-bond acceptors (Lipinski definition) is 1. The fourth-order valence-electron chi connectivity index (χ4n) is 3.18. The molecule has 1 fully saturated rings. The van der Waals surface area contributed by atoms with Gasteiger partial charge in [-0.1, -0.05) is 48.5 Å². The van der Waals surface area contributed by atoms with Gasteiger partial charge in [-0.05, 0) is 49.1 Å². The smallest absolute Gasteiger partial charge is 0.124 e. The topological polar surface area (TPSA) is 12.0 Å². The first kappa shape index (κ1) is 15.0. The van der Waals surface area contributed by atoms with Crippen LogP contribution in [0.2, 0.25) is 0 Å². The predicted molar refractivity (Wildman–Crippen MR) is 81.7 cm³/mol. The molecule has 0 heterocycles. The van der Waals surface area contributed by atoms with Crippen LogP contribution in [0.5, 0.6) is 0 Å². The Balaban J connectivity index is 2.22. The van der Waals surface area contributed by atoms with Crippen molar-refractivity contribution in [1.82, 2.24) is 5.32 Å². The highest BCUT2D eigenvalue weighted by atomic mass is 79.9. The summed E-state index contributed by atoms with van der Waals surface area (Å²) in [5.41, 5.74) is 1.08. The Hall–Kier alpha value is -0.410. The second-order valence-electron chi connectivity index (χ2n) is 5.49. The minimum Gasteiger partial charge on any atom is -0.310 e. The van der Waals surface area contributed by atoms with E-state index in [4.69, 9.17) is 0 Å². The molecule has 1 aromatic rings. The van der Waals surface area contributed by atoms with Gasteiger partial charge in [0, 0.05) is 10.5 Å². The van der Waals surface area contributed by atoms with Gasteiger partial charge >= 0.3 is 0 Å². The van der Waals surface area contributed by atoms with Crippen LogP contribution in [0.25, 0.3) is 0 Å². The average molecular weight is 328 g/mol. The molecular formula is C16H23BrFN. The average Bonchev–Trinajstić information content (AvgIpc) is 2.63. The Morgan fingerprint density at radius 3 is 2.47 bits per heavy atom. The number of halogens is 2. The minimum atomic E-state index is -0.152. The molecule has 1 aliphatic carbocycles. The molecule has 0 radical (unpaired) electrons. The molecule has 0 amide bonds. The summed E-state index contributed by atoms with van der Waals surface area (Å²) in [4.78, 5) is 0. The first-order valence-corrected chi connectivity index (χ1v) is 8.19. The van der Waals surface area contributed by atoms with Gasteiger partial charge in [-0.25, -0.2) is 4.39 Å². The Labute approximate surface area is 124 Å².